The zero-order chi connectivity index (χ0) is 29.5. The van der Waals surface area contributed by atoms with Crippen molar-refractivity contribution in [1.82, 2.24) is 42.5 Å². The van der Waals surface area contributed by atoms with E-state index in [9.17, 15) is 9.90 Å². The van der Waals surface area contributed by atoms with Crippen LogP contribution in [0.15, 0.2) is 0 Å². The van der Waals surface area contributed by atoms with Gasteiger partial charge in [-0.1, -0.05) is 38.5 Å². The molecule has 9 rings (SSSR count). The molecule has 5 aliphatic heterocycles. The van der Waals surface area contributed by atoms with Gasteiger partial charge in [-0.25, -0.2) is 0 Å². The van der Waals surface area contributed by atoms with Crippen LogP contribution < -0.4 is 42.5 Å². The van der Waals surface area contributed by atoms with Gasteiger partial charge in [0.05, 0.1) is 55.2 Å². The molecule has 18 unspecified atom stereocenters. The van der Waals surface area contributed by atoms with E-state index in [4.69, 9.17) is 11.6 Å². The average Bonchev–Trinajstić information content (AvgIpc) is 3.76. The zero-order valence-corrected chi connectivity index (χ0v) is 28.0. The van der Waals surface area contributed by atoms with Crippen LogP contribution >= 0.6 is 11.6 Å². The number of fused-ring (bicyclic) bond motifs is 20. The standard InChI is InChI=1S/C33H55ClN8O2.Cu/c34-23-14-15(33(43)44)13-22-24(23)32-41-30-21-12-6-5-11-20(21)28(39-30)37-26-17-8-2-1-7-16(17)25(35-26)36-27-18-9-3-4-10-19(18)29(38-27)40-31(22)42-32;/h15-32,35-42H,1-14H2,(H,43,44);. The van der Waals surface area contributed by atoms with Gasteiger partial charge in [-0.2, -0.15) is 0 Å². The second-order valence-corrected chi connectivity index (χ2v) is 16.8. The average molecular weight is 695 g/mol. The van der Waals surface area contributed by atoms with Crippen LogP contribution in [0.5, 0.6) is 0 Å². The summed E-state index contributed by atoms with van der Waals surface area (Å²) in [6.45, 7) is 0. The third kappa shape index (κ3) is 5.66. The number of aliphatic carboxylic acids is 1. The molecule has 5 saturated heterocycles. The van der Waals surface area contributed by atoms with Crippen LogP contribution in [-0.2, 0) is 21.9 Å². The molecule has 0 aromatic rings. The van der Waals surface area contributed by atoms with Crippen molar-refractivity contribution in [2.24, 2.45) is 53.3 Å². The van der Waals surface area contributed by atoms with Gasteiger partial charge in [0.2, 0.25) is 0 Å². The molecule has 0 aromatic carbocycles. The SMILES string of the molecule is O=C(O)C1CC(Cl)C2C3NC4NC(NC5NC(NC6NC(NC(N3)C2C1)C1CCCCC61)C1CCCCC51)C1CCCCC41.[Cu]. The summed E-state index contributed by atoms with van der Waals surface area (Å²) in [7, 11) is 0. The fourth-order valence-electron chi connectivity index (χ4n) is 12.2. The first kappa shape index (κ1) is 32.2. The van der Waals surface area contributed by atoms with E-state index in [1.807, 2.05) is 0 Å². The zero-order valence-electron chi connectivity index (χ0n) is 26.3. The molecule has 5 heterocycles. The molecule has 257 valence electrons. The maximum absolute atomic E-state index is 12.2. The molecule has 4 aliphatic carbocycles. The van der Waals surface area contributed by atoms with Crippen molar-refractivity contribution in [2.75, 3.05) is 0 Å². The molecule has 9 aliphatic rings. The number of hydrogen-bond donors (Lipinski definition) is 9. The molecule has 4 saturated carbocycles. The molecule has 10 nitrogen and oxygen atoms in total. The van der Waals surface area contributed by atoms with Gasteiger partial charge in [0.15, 0.2) is 0 Å². The van der Waals surface area contributed by atoms with Crippen LogP contribution in [0.3, 0.4) is 0 Å². The summed E-state index contributed by atoms with van der Waals surface area (Å²) in [4.78, 5) is 12.2. The van der Waals surface area contributed by atoms with Gasteiger partial charge < -0.3 is 5.11 Å². The molecule has 45 heavy (non-hydrogen) atoms. The molecular formula is C33H55ClCuN8O2. The molecule has 0 amide bonds. The maximum atomic E-state index is 12.2. The van der Waals surface area contributed by atoms with Crippen molar-refractivity contribution in [3.8, 4) is 0 Å². The molecule has 0 spiro atoms. The van der Waals surface area contributed by atoms with Gasteiger partial charge in [0.1, 0.15) is 0 Å². The fraction of sp³-hybridized carbons (Fsp3) is 0.970. The number of halogens is 1. The minimum absolute atomic E-state index is 0. The molecule has 9 fully saturated rings. The number of carboxylic acids is 1. The number of rotatable bonds is 1. The topological polar surface area (TPSA) is 134 Å². The molecule has 18 atom stereocenters. The van der Waals surface area contributed by atoms with Crippen LogP contribution in [0, 0.1) is 53.3 Å². The Bertz CT molecular complexity index is 1090. The largest absolute Gasteiger partial charge is 0.481 e. The number of carbonyl (C=O) groups is 1. The second-order valence-electron chi connectivity index (χ2n) is 16.3. The van der Waals surface area contributed by atoms with Gasteiger partial charge in [-0.05, 0) is 92.8 Å². The van der Waals surface area contributed by atoms with Crippen LogP contribution in [0.2, 0.25) is 0 Å². The Kier molecular flexibility index (Phi) is 9.31. The van der Waals surface area contributed by atoms with Crippen LogP contribution in [0.4, 0.5) is 0 Å². The number of alkyl halides is 1. The molecule has 1 radical (unpaired) electrons. The van der Waals surface area contributed by atoms with Crippen LogP contribution in [0.1, 0.15) is 89.9 Å². The predicted octanol–water partition coefficient (Wildman–Crippen LogP) is 2.13. The summed E-state index contributed by atoms with van der Waals surface area (Å²) in [6.07, 6.45) is 18.6. The van der Waals surface area contributed by atoms with Crippen molar-refractivity contribution in [3.63, 3.8) is 0 Å². The Balaban J connectivity index is 0.00000300. The van der Waals surface area contributed by atoms with E-state index in [-0.39, 0.29) is 71.0 Å². The Hall–Kier alpha value is -0.0405. The Labute approximate surface area is 284 Å². The number of carboxylic acid groups (broad SMARTS) is 1. The fourth-order valence-corrected chi connectivity index (χ4v) is 12.8. The summed E-state index contributed by atoms with van der Waals surface area (Å²) >= 11 is 7.17. The van der Waals surface area contributed by atoms with E-state index in [1.165, 1.54) is 77.0 Å². The van der Waals surface area contributed by atoms with E-state index >= 15 is 0 Å². The summed E-state index contributed by atoms with van der Waals surface area (Å²) in [6, 6.07) is 0. The summed E-state index contributed by atoms with van der Waals surface area (Å²) in [5.74, 6) is 3.02. The Morgan fingerprint density at radius 3 is 1.07 bits per heavy atom. The van der Waals surface area contributed by atoms with Crippen molar-refractivity contribution in [3.05, 3.63) is 0 Å². The molecular weight excluding hydrogens is 639 g/mol. The molecule has 12 heteroatoms. The first-order valence-corrected chi connectivity index (χ1v) is 18.9. The van der Waals surface area contributed by atoms with E-state index in [0.29, 0.717) is 66.8 Å². The van der Waals surface area contributed by atoms with E-state index in [0.717, 1.165) is 0 Å². The van der Waals surface area contributed by atoms with Gasteiger partial charge in [-0.3, -0.25) is 47.3 Å². The number of hydrogen-bond acceptors (Lipinski definition) is 9. The Morgan fingerprint density at radius 2 is 0.756 bits per heavy atom. The molecule has 9 N–H and O–H groups in total. The van der Waals surface area contributed by atoms with E-state index in [2.05, 4.69) is 42.5 Å². The van der Waals surface area contributed by atoms with Crippen molar-refractivity contribution >= 4 is 17.6 Å². The predicted molar refractivity (Wildman–Crippen MR) is 169 cm³/mol. The van der Waals surface area contributed by atoms with Gasteiger partial charge in [0.25, 0.3) is 0 Å². The van der Waals surface area contributed by atoms with Crippen molar-refractivity contribution in [2.45, 2.75) is 145 Å². The second kappa shape index (κ2) is 13.0. The third-order valence-corrected chi connectivity index (χ3v) is 14.7. The Morgan fingerprint density at radius 1 is 0.467 bits per heavy atom. The first-order valence-electron chi connectivity index (χ1n) is 18.5. The minimum atomic E-state index is -0.696. The van der Waals surface area contributed by atoms with Gasteiger partial charge >= 0.3 is 5.97 Å². The van der Waals surface area contributed by atoms with Crippen molar-refractivity contribution < 1.29 is 27.0 Å². The van der Waals surface area contributed by atoms with E-state index < -0.39 is 5.97 Å². The van der Waals surface area contributed by atoms with Gasteiger partial charge in [-0.15, -0.1) is 11.6 Å². The van der Waals surface area contributed by atoms with E-state index in [1.54, 1.807) is 0 Å². The third-order valence-electron chi connectivity index (χ3n) is 14.2. The smallest absolute Gasteiger partial charge is 0.306 e. The summed E-state index contributed by atoms with van der Waals surface area (Å²) < 4.78 is 0. The molecule has 8 bridgehead atoms. The quantitative estimate of drug-likeness (QED) is 0.149. The first-order chi connectivity index (χ1) is 21.5. The van der Waals surface area contributed by atoms with Crippen molar-refractivity contribution in [1.29, 1.82) is 0 Å². The molecule has 0 aromatic heterocycles. The summed E-state index contributed by atoms with van der Waals surface area (Å²) in [5.41, 5.74) is 0. The summed E-state index contributed by atoms with van der Waals surface area (Å²) in [5, 5.41) is 42.8. The number of nitrogens with one attached hydrogen (secondary N) is 8. The van der Waals surface area contributed by atoms with Crippen LogP contribution in [0.25, 0.3) is 0 Å². The monoisotopic (exact) mass is 693 g/mol. The maximum Gasteiger partial charge on any atom is 0.306 e. The van der Waals surface area contributed by atoms with Crippen LogP contribution in [-0.4, -0.2) is 65.8 Å². The minimum Gasteiger partial charge on any atom is -0.481 e. The normalized spacial score (nSPS) is 55.5. The van der Waals surface area contributed by atoms with Gasteiger partial charge in [0, 0.05) is 28.4 Å².